The summed E-state index contributed by atoms with van der Waals surface area (Å²) in [4.78, 5) is 0. The predicted octanol–water partition coefficient (Wildman–Crippen LogP) is 3.71. The monoisotopic (exact) mass is 285 g/mol. The quantitative estimate of drug-likeness (QED) is 0.850. The molecule has 0 aliphatic heterocycles. The van der Waals surface area contributed by atoms with Gasteiger partial charge in [0.2, 0.25) is 0 Å². The number of hydrogen-bond acceptors (Lipinski definition) is 3. The largest absolute Gasteiger partial charge is 0.497 e. The van der Waals surface area contributed by atoms with E-state index in [-0.39, 0.29) is 6.61 Å². The first-order chi connectivity index (χ1) is 10.1. The molecule has 0 saturated carbocycles. The molecule has 2 N–H and O–H groups in total. The number of benzene rings is 2. The van der Waals surface area contributed by atoms with Crippen LogP contribution in [0.25, 0.3) is 0 Å². The Morgan fingerprint density at radius 3 is 2.14 bits per heavy atom. The zero-order valence-electron chi connectivity index (χ0n) is 12.9. The summed E-state index contributed by atoms with van der Waals surface area (Å²) in [5, 5.41) is 13.4. The van der Waals surface area contributed by atoms with Crippen molar-refractivity contribution in [3.63, 3.8) is 0 Å². The van der Waals surface area contributed by atoms with Crippen LogP contribution < -0.4 is 10.1 Å². The molecule has 0 bridgehead atoms. The summed E-state index contributed by atoms with van der Waals surface area (Å²) < 4.78 is 5.17. The molecule has 3 heteroatoms. The lowest BCUT2D eigenvalue weighted by molar-refractivity contribution is 0.207. The maximum atomic E-state index is 9.97. The summed E-state index contributed by atoms with van der Waals surface area (Å²) in [5.74, 6) is 0.821. The van der Waals surface area contributed by atoms with Crippen LogP contribution in [0, 0.1) is 6.92 Å². The van der Waals surface area contributed by atoms with E-state index in [1.54, 1.807) is 7.11 Å². The van der Waals surface area contributed by atoms with Gasteiger partial charge in [-0.1, -0.05) is 36.8 Å². The highest BCUT2D eigenvalue weighted by Gasteiger charge is 2.29. The van der Waals surface area contributed by atoms with Crippen molar-refractivity contribution in [2.45, 2.75) is 25.8 Å². The Morgan fingerprint density at radius 1 is 1.05 bits per heavy atom. The first-order valence-electron chi connectivity index (χ1n) is 7.24. The Hall–Kier alpha value is -2.00. The number of rotatable bonds is 6. The minimum Gasteiger partial charge on any atom is -0.497 e. The Bertz CT molecular complexity index is 557. The second kappa shape index (κ2) is 6.64. The second-order valence-corrected chi connectivity index (χ2v) is 5.31. The predicted molar refractivity (Wildman–Crippen MR) is 86.9 cm³/mol. The first kappa shape index (κ1) is 15.4. The third kappa shape index (κ3) is 3.37. The van der Waals surface area contributed by atoms with Gasteiger partial charge in [-0.15, -0.1) is 0 Å². The minimum absolute atomic E-state index is 0.0403. The van der Waals surface area contributed by atoms with Crippen molar-refractivity contribution in [1.29, 1.82) is 0 Å². The van der Waals surface area contributed by atoms with Crippen molar-refractivity contribution in [2.75, 3.05) is 19.0 Å². The number of aryl methyl sites for hydroxylation is 1. The molecule has 0 aliphatic rings. The Labute approximate surface area is 126 Å². The Balaban J connectivity index is 2.30. The Morgan fingerprint density at radius 2 is 1.67 bits per heavy atom. The van der Waals surface area contributed by atoms with E-state index < -0.39 is 5.54 Å². The zero-order chi connectivity index (χ0) is 15.3. The molecule has 1 unspecified atom stereocenters. The highest BCUT2D eigenvalue weighted by atomic mass is 16.5. The number of anilines is 1. The van der Waals surface area contributed by atoms with E-state index in [0.29, 0.717) is 0 Å². The molecular weight excluding hydrogens is 262 g/mol. The van der Waals surface area contributed by atoms with Crippen LogP contribution in [0.5, 0.6) is 5.75 Å². The standard InChI is InChI=1S/C18H23NO2/c1-4-18(13-20,15-7-5-14(2)6-8-15)19-16-9-11-17(21-3)12-10-16/h5-12,19-20H,4,13H2,1-3H3. The van der Waals surface area contributed by atoms with Crippen molar-refractivity contribution in [2.24, 2.45) is 0 Å². The van der Waals surface area contributed by atoms with Crippen LogP contribution in [0.1, 0.15) is 24.5 Å². The molecule has 2 rings (SSSR count). The van der Waals surface area contributed by atoms with Gasteiger partial charge in [-0.25, -0.2) is 0 Å². The fourth-order valence-corrected chi connectivity index (χ4v) is 2.43. The highest BCUT2D eigenvalue weighted by molar-refractivity contribution is 5.50. The van der Waals surface area contributed by atoms with Crippen molar-refractivity contribution in [3.8, 4) is 5.75 Å². The van der Waals surface area contributed by atoms with Gasteiger partial charge in [0.1, 0.15) is 5.75 Å². The number of hydrogen-bond donors (Lipinski definition) is 2. The third-order valence-electron chi connectivity index (χ3n) is 3.95. The van der Waals surface area contributed by atoms with Crippen LogP contribution in [0.4, 0.5) is 5.69 Å². The van der Waals surface area contributed by atoms with Gasteiger partial charge in [0.25, 0.3) is 0 Å². The summed E-state index contributed by atoms with van der Waals surface area (Å²) in [7, 11) is 1.65. The lowest BCUT2D eigenvalue weighted by Gasteiger charge is -2.34. The Kier molecular flexibility index (Phi) is 4.86. The maximum absolute atomic E-state index is 9.97. The molecular formula is C18H23NO2. The van der Waals surface area contributed by atoms with Crippen LogP contribution in [0.3, 0.4) is 0 Å². The van der Waals surface area contributed by atoms with Crippen LogP contribution in [-0.2, 0) is 5.54 Å². The molecule has 0 aromatic heterocycles. The normalized spacial score (nSPS) is 13.5. The molecule has 0 fully saturated rings. The van der Waals surface area contributed by atoms with Crippen LogP contribution in [0.2, 0.25) is 0 Å². The number of nitrogens with one attached hydrogen (secondary N) is 1. The van der Waals surface area contributed by atoms with Gasteiger partial charge in [-0.2, -0.15) is 0 Å². The average Bonchev–Trinajstić information content (AvgIpc) is 2.54. The van der Waals surface area contributed by atoms with E-state index in [4.69, 9.17) is 4.74 Å². The van der Waals surface area contributed by atoms with E-state index in [1.807, 2.05) is 24.3 Å². The summed E-state index contributed by atoms with van der Waals surface area (Å²) >= 11 is 0. The SMILES string of the molecule is CCC(CO)(Nc1ccc(OC)cc1)c1ccc(C)cc1. The average molecular weight is 285 g/mol. The fraction of sp³-hybridized carbons (Fsp3) is 0.333. The van der Waals surface area contributed by atoms with Gasteiger partial charge in [0.05, 0.1) is 19.3 Å². The molecule has 1 atom stereocenters. The van der Waals surface area contributed by atoms with Crippen molar-refractivity contribution < 1.29 is 9.84 Å². The number of aliphatic hydroxyl groups is 1. The van der Waals surface area contributed by atoms with E-state index >= 15 is 0 Å². The molecule has 0 amide bonds. The van der Waals surface area contributed by atoms with Gasteiger partial charge in [-0.05, 0) is 43.2 Å². The van der Waals surface area contributed by atoms with Crippen molar-refractivity contribution in [3.05, 3.63) is 59.7 Å². The lowest BCUT2D eigenvalue weighted by atomic mass is 9.87. The smallest absolute Gasteiger partial charge is 0.119 e. The highest BCUT2D eigenvalue weighted by Crippen LogP contribution is 2.30. The summed E-state index contributed by atoms with van der Waals surface area (Å²) in [6, 6.07) is 16.1. The van der Waals surface area contributed by atoms with Crippen LogP contribution >= 0.6 is 0 Å². The second-order valence-electron chi connectivity index (χ2n) is 5.31. The first-order valence-corrected chi connectivity index (χ1v) is 7.24. The van der Waals surface area contributed by atoms with E-state index in [0.717, 1.165) is 23.4 Å². The molecule has 2 aromatic carbocycles. The van der Waals surface area contributed by atoms with Crippen molar-refractivity contribution in [1.82, 2.24) is 0 Å². The molecule has 0 spiro atoms. The molecule has 21 heavy (non-hydrogen) atoms. The number of methoxy groups -OCH3 is 1. The topological polar surface area (TPSA) is 41.5 Å². The van der Waals surface area contributed by atoms with Gasteiger partial charge in [0.15, 0.2) is 0 Å². The molecule has 2 aromatic rings. The fourth-order valence-electron chi connectivity index (χ4n) is 2.43. The minimum atomic E-state index is -0.470. The molecule has 0 radical (unpaired) electrons. The van der Waals surface area contributed by atoms with Gasteiger partial charge >= 0.3 is 0 Å². The van der Waals surface area contributed by atoms with Crippen LogP contribution in [0.15, 0.2) is 48.5 Å². The summed E-state index contributed by atoms with van der Waals surface area (Å²) in [5.41, 5.74) is 2.80. The summed E-state index contributed by atoms with van der Waals surface area (Å²) in [6.45, 7) is 4.18. The lowest BCUT2D eigenvalue weighted by Crippen LogP contribution is -2.38. The number of ether oxygens (including phenoxy) is 1. The molecule has 112 valence electrons. The van der Waals surface area contributed by atoms with Gasteiger partial charge in [-0.3, -0.25) is 0 Å². The molecule has 0 aliphatic carbocycles. The van der Waals surface area contributed by atoms with Gasteiger partial charge < -0.3 is 15.2 Å². The third-order valence-corrected chi connectivity index (χ3v) is 3.95. The zero-order valence-corrected chi connectivity index (χ0v) is 12.9. The van der Waals surface area contributed by atoms with E-state index in [2.05, 4.69) is 43.4 Å². The van der Waals surface area contributed by atoms with E-state index in [1.165, 1.54) is 5.56 Å². The van der Waals surface area contributed by atoms with Crippen molar-refractivity contribution >= 4 is 5.69 Å². The molecule has 0 heterocycles. The maximum Gasteiger partial charge on any atom is 0.119 e. The van der Waals surface area contributed by atoms with E-state index in [9.17, 15) is 5.11 Å². The summed E-state index contributed by atoms with van der Waals surface area (Å²) in [6.07, 6.45) is 0.790. The molecule has 3 nitrogen and oxygen atoms in total. The van der Waals surface area contributed by atoms with Crippen LogP contribution in [-0.4, -0.2) is 18.8 Å². The molecule has 0 saturated heterocycles. The number of aliphatic hydroxyl groups excluding tert-OH is 1. The van der Waals surface area contributed by atoms with Gasteiger partial charge in [0, 0.05) is 5.69 Å².